The second-order valence-corrected chi connectivity index (χ2v) is 7.65. The number of nitrogens with two attached hydrogens (primary N) is 1. The number of carbonyl (C=O) groups is 3. The fourth-order valence-electron chi connectivity index (χ4n) is 2.91. The van der Waals surface area contributed by atoms with Gasteiger partial charge in [-0.25, -0.2) is 0 Å². The van der Waals surface area contributed by atoms with Gasteiger partial charge in [0.25, 0.3) is 0 Å². The normalized spacial score (nSPS) is 16.7. The van der Waals surface area contributed by atoms with E-state index in [1.807, 2.05) is 31.2 Å². The van der Waals surface area contributed by atoms with Gasteiger partial charge in [0, 0.05) is 31.9 Å². The summed E-state index contributed by atoms with van der Waals surface area (Å²) in [6.07, 6.45) is 1.59. The predicted molar refractivity (Wildman–Crippen MR) is 109 cm³/mol. The van der Waals surface area contributed by atoms with Gasteiger partial charge in [-0.3, -0.25) is 14.4 Å². The molecule has 0 aliphatic carbocycles. The van der Waals surface area contributed by atoms with E-state index in [0.717, 1.165) is 24.1 Å². The molecule has 2 rings (SSSR count). The molecule has 0 spiro atoms. The highest BCUT2D eigenvalue weighted by molar-refractivity contribution is 8.00. The number of hydrogen-bond donors (Lipinski definition) is 3. The number of thioether (sulfide) groups is 1. The van der Waals surface area contributed by atoms with Crippen molar-refractivity contribution in [1.82, 2.24) is 10.2 Å². The van der Waals surface area contributed by atoms with E-state index in [9.17, 15) is 14.4 Å². The van der Waals surface area contributed by atoms with E-state index in [1.54, 1.807) is 4.90 Å². The molecule has 148 valence electrons. The first-order chi connectivity index (χ1) is 13.0. The topological polar surface area (TPSA) is 105 Å². The molecule has 8 heteroatoms. The van der Waals surface area contributed by atoms with E-state index in [4.69, 9.17) is 5.73 Å². The summed E-state index contributed by atoms with van der Waals surface area (Å²) < 4.78 is 0. The number of hydrogen-bond acceptors (Lipinski definition) is 5. The Morgan fingerprint density at radius 1 is 1.22 bits per heavy atom. The Morgan fingerprint density at radius 2 is 1.96 bits per heavy atom. The Hall–Kier alpha value is -2.06. The predicted octanol–water partition coefficient (Wildman–Crippen LogP) is 0.980. The Kier molecular flexibility index (Phi) is 8.60. The van der Waals surface area contributed by atoms with Crippen molar-refractivity contribution >= 4 is 35.2 Å². The van der Waals surface area contributed by atoms with Crippen LogP contribution in [0.15, 0.2) is 24.3 Å². The molecule has 1 unspecified atom stereocenters. The molecule has 0 bridgehead atoms. The van der Waals surface area contributed by atoms with Crippen molar-refractivity contribution in [3.63, 3.8) is 0 Å². The maximum absolute atomic E-state index is 12.4. The number of aryl methyl sites for hydroxylation is 1. The fourth-order valence-corrected chi connectivity index (χ4v) is 3.63. The smallest absolute Gasteiger partial charge is 0.234 e. The van der Waals surface area contributed by atoms with E-state index in [0.29, 0.717) is 26.2 Å². The zero-order chi connectivity index (χ0) is 19.6. The van der Waals surface area contributed by atoms with Crippen molar-refractivity contribution in [2.75, 3.05) is 43.0 Å². The van der Waals surface area contributed by atoms with Gasteiger partial charge in [0.1, 0.15) is 0 Å². The van der Waals surface area contributed by atoms with E-state index in [1.165, 1.54) is 11.8 Å². The average Bonchev–Trinajstić information content (AvgIpc) is 2.68. The molecule has 1 fully saturated rings. The fraction of sp³-hybridized carbons (Fsp3) is 0.526. The van der Waals surface area contributed by atoms with Crippen LogP contribution in [0.3, 0.4) is 0 Å². The van der Waals surface area contributed by atoms with Gasteiger partial charge in [-0.05, 0) is 31.9 Å². The van der Waals surface area contributed by atoms with Crippen LogP contribution in [0, 0.1) is 12.8 Å². The number of likely N-dealkylation sites (tertiary alicyclic amines) is 1. The largest absolute Gasteiger partial charge is 0.355 e. The summed E-state index contributed by atoms with van der Waals surface area (Å²) >= 11 is 1.29. The van der Waals surface area contributed by atoms with Gasteiger partial charge in [0.05, 0.1) is 17.4 Å². The Balaban J connectivity index is 1.70. The third kappa shape index (κ3) is 7.22. The molecule has 1 saturated heterocycles. The lowest BCUT2D eigenvalue weighted by atomic mass is 9.97. The van der Waals surface area contributed by atoms with Crippen LogP contribution in [-0.2, 0) is 14.4 Å². The summed E-state index contributed by atoms with van der Waals surface area (Å²) in [7, 11) is 0. The molecule has 0 radical (unpaired) electrons. The Labute approximate surface area is 164 Å². The summed E-state index contributed by atoms with van der Waals surface area (Å²) in [5, 5.41) is 5.60. The van der Waals surface area contributed by atoms with Gasteiger partial charge < -0.3 is 21.3 Å². The molecule has 1 aromatic carbocycles. The number of nitrogens with zero attached hydrogens (tertiary/aromatic N) is 1. The van der Waals surface area contributed by atoms with Crippen LogP contribution in [0.5, 0.6) is 0 Å². The molecule has 1 atom stereocenters. The van der Waals surface area contributed by atoms with Gasteiger partial charge in [0.2, 0.25) is 17.7 Å². The zero-order valence-corrected chi connectivity index (χ0v) is 16.5. The van der Waals surface area contributed by atoms with Crippen molar-refractivity contribution in [3.8, 4) is 0 Å². The SMILES string of the molecule is Cc1ccc(NC(=O)CSCC(=O)N2CCCC(C(=O)NCCN)C2)cc1. The number of anilines is 1. The molecule has 1 aromatic rings. The first kappa shape index (κ1) is 21.2. The zero-order valence-electron chi connectivity index (χ0n) is 15.7. The van der Waals surface area contributed by atoms with Crippen LogP contribution < -0.4 is 16.4 Å². The number of amides is 3. The van der Waals surface area contributed by atoms with Crippen LogP contribution >= 0.6 is 11.8 Å². The van der Waals surface area contributed by atoms with Crippen molar-refractivity contribution in [2.45, 2.75) is 19.8 Å². The summed E-state index contributed by atoms with van der Waals surface area (Å²) in [4.78, 5) is 38.1. The second-order valence-electron chi connectivity index (χ2n) is 6.67. The minimum Gasteiger partial charge on any atom is -0.355 e. The third-order valence-electron chi connectivity index (χ3n) is 4.38. The molecule has 0 saturated carbocycles. The van der Waals surface area contributed by atoms with E-state index in [-0.39, 0.29) is 35.1 Å². The van der Waals surface area contributed by atoms with Crippen molar-refractivity contribution in [1.29, 1.82) is 0 Å². The van der Waals surface area contributed by atoms with Gasteiger partial charge in [-0.15, -0.1) is 11.8 Å². The van der Waals surface area contributed by atoms with Crippen molar-refractivity contribution in [3.05, 3.63) is 29.8 Å². The maximum atomic E-state index is 12.4. The minimum atomic E-state index is -0.177. The van der Waals surface area contributed by atoms with Gasteiger partial charge >= 0.3 is 0 Å². The van der Waals surface area contributed by atoms with Crippen LogP contribution in [0.2, 0.25) is 0 Å². The van der Waals surface area contributed by atoms with Crippen molar-refractivity contribution < 1.29 is 14.4 Å². The Bertz CT molecular complexity index is 651. The molecule has 1 aliphatic rings. The van der Waals surface area contributed by atoms with Gasteiger partial charge in [0.15, 0.2) is 0 Å². The van der Waals surface area contributed by atoms with Crippen molar-refractivity contribution in [2.24, 2.45) is 11.7 Å². The van der Waals surface area contributed by atoms with Crippen LogP contribution in [-0.4, -0.2) is 60.3 Å². The van der Waals surface area contributed by atoms with Gasteiger partial charge in [-0.1, -0.05) is 17.7 Å². The molecule has 27 heavy (non-hydrogen) atoms. The summed E-state index contributed by atoms with van der Waals surface area (Å²) in [5.74, 6) is 0.0766. The van der Waals surface area contributed by atoms with Crippen LogP contribution in [0.25, 0.3) is 0 Å². The van der Waals surface area contributed by atoms with Crippen LogP contribution in [0.1, 0.15) is 18.4 Å². The standard InChI is InChI=1S/C19H28N4O3S/c1-14-4-6-16(7-5-14)22-17(24)12-27-13-18(25)23-10-2-3-15(11-23)19(26)21-9-8-20/h4-7,15H,2-3,8-13,20H2,1H3,(H,21,26)(H,22,24). The van der Waals surface area contributed by atoms with E-state index >= 15 is 0 Å². The lowest BCUT2D eigenvalue weighted by Crippen LogP contribution is -2.46. The number of rotatable bonds is 8. The highest BCUT2D eigenvalue weighted by Gasteiger charge is 2.28. The summed E-state index contributed by atoms with van der Waals surface area (Å²) in [6.45, 7) is 3.94. The molecule has 0 aromatic heterocycles. The summed E-state index contributed by atoms with van der Waals surface area (Å²) in [5.41, 5.74) is 7.28. The first-order valence-electron chi connectivity index (χ1n) is 9.19. The lowest BCUT2D eigenvalue weighted by molar-refractivity contribution is -0.133. The number of piperidine rings is 1. The quantitative estimate of drug-likeness (QED) is 0.612. The molecular formula is C19H28N4O3S. The lowest BCUT2D eigenvalue weighted by Gasteiger charge is -2.32. The second kappa shape index (κ2) is 10.9. The molecule has 1 aliphatic heterocycles. The number of benzene rings is 1. The molecule has 1 heterocycles. The molecule has 7 nitrogen and oxygen atoms in total. The highest BCUT2D eigenvalue weighted by Crippen LogP contribution is 2.18. The molecule has 4 N–H and O–H groups in total. The average molecular weight is 393 g/mol. The van der Waals surface area contributed by atoms with E-state index in [2.05, 4.69) is 10.6 Å². The maximum Gasteiger partial charge on any atom is 0.234 e. The molecule has 3 amide bonds. The van der Waals surface area contributed by atoms with Gasteiger partial charge in [-0.2, -0.15) is 0 Å². The first-order valence-corrected chi connectivity index (χ1v) is 10.3. The minimum absolute atomic E-state index is 0.0283. The highest BCUT2D eigenvalue weighted by atomic mass is 32.2. The Morgan fingerprint density at radius 3 is 2.67 bits per heavy atom. The number of carbonyl (C=O) groups excluding carboxylic acids is 3. The third-order valence-corrected chi connectivity index (χ3v) is 5.30. The molecular weight excluding hydrogens is 364 g/mol. The summed E-state index contributed by atoms with van der Waals surface area (Å²) in [6, 6.07) is 7.57. The van der Waals surface area contributed by atoms with E-state index < -0.39 is 0 Å². The van der Waals surface area contributed by atoms with Crippen LogP contribution in [0.4, 0.5) is 5.69 Å². The number of nitrogens with one attached hydrogen (secondary N) is 2. The monoisotopic (exact) mass is 392 g/mol.